The van der Waals surface area contributed by atoms with Gasteiger partial charge in [0.2, 0.25) is 5.88 Å². The van der Waals surface area contributed by atoms with Crippen LogP contribution in [0.2, 0.25) is 0 Å². The molecule has 1 aliphatic rings. The largest absolute Gasteiger partial charge is 0.554 e. The number of amides is 2. The molecule has 0 aliphatic carbocycles. The van der Waals surface area contributed by atoms with Crippen LogP contribution in [-0.2, 0) is 0 Å². The average molecular weight is 419 g/mol. The number of hydrogen-bond donors (Lipinski definition) is 2. The summed E-state index contributed by atoms with van der Waals surface area (Å²) in [6.07, 6.45) is 3.17. The summed E-state index contributed by atoms with van der Waals surface area (Å²) in [5.41, 5.74) is 2.44. The molecular formula is C21H15N4O4S+. The van der Waals surface area contributed by atoms with Gasteiger partial charge in [0, 0.05) is 24.0 Å². The summed E-state index contributed by atoms with van der Waals surface area (Å²) < 4.78 is 5.90. The Labute approximate surface area is 173 Å². The Kier molecular flexibility index (Phi) is 4.11. The van der Waals surface area contributed by atoms with Crippen LogP contribution in [0.5, 0.6) is 11.6 Å². The van der Waals surface area contributed by atoms with E-state index in [0.717, 1.165) is 5.56 Å². The number of carbonyl (C=O) groups is 2. The minimum Gasteiger partial charge on any atom is -0.439 e. The molecule has 3 aromatic heterocycles. The smallest absolute Gasteiger partial charge is 0.439 e. The first-order chi connectivity index (χ1) is 14.5. The molecule has 148 valence electrons. The maximum absolute atomic E-state index is 13.0. The Bertz CT molecular complexity index is 1320. The molecular weight excluding hydrogens is 404 g/mol. The molecule has 0 saturated carbocycles. The fraction of sp³-hybridized carbons (Fsp3) is 0.0476. The minimum atomic E-state index is -1.21. The summed E-state index contributed by atoms with van der Waals surface area (Å²) in [6.45, 7) is 1.86. The highest BCUT2D eigenvalue weighted by atomic mass is 32.2. The molecule has 0 fully saturated rings. The molecule has 30 heavy (non-hydrogen) atoms. The van der Waals surface area contributed by atoms with Crippen molar-refractivity contribution >= 4 is 49.1 Å². The number of rotatable bonds is 4. The molecule has 0 bridgehead atoms. The third kappa shape index (κ3) is 2.75. The summed E-state index contributed by atoms with van der Waals surface area (Å²) in [7, 11) is -1.21. The van der Waals surface area contributed by atoms with Crippen molar-refractivity contribution in [2.45, 2.75) is 6.92 Å². The van der Waals surface area contributed by atoms with Gasteiger partial charge in [0.25, 0.3) is 4.83 Å². The van der Waals surface area contributed by atoms with Crippen LogP contribution in [0.15, 0.2) is 60.2 Å². The summed E-state index contributed by atoms with van der Waals surface area (Å²) in [4.78, 5) is 35.1. The number of ether oxygens (including phenoxy) is 1. The van der Waals surface area contributed by atoms with Crippen molar-refractivity contribution in [2.75, 3.05) is 10.2 Å². The molecule has 8 nitrogen and oxygen atoms in total. The lowest BCUT2D eigenvalue weighted by Crippen LogP contribution is -2.34. The Hall–Kier alpha value is -3.98. The summed E-state index contributed by atoms with van der Waals surface area (Å²) in [5.74, 6) is 1.01. The molecule has 0 radical (unpaired) electrons. The standard InChI is InChI=1S/C21H14N4O4S/c1-12-14(5-4-6-16(12)29-17-7-2-3-9-22-17)25-15-8-10-23-19-18(15)13(24-20(25)26)11-30(19)21(27)28/h2-11H,1H3,(H-,24,26,27,28)/p+1. The Morgan fingerprint density at radius 2 is 1.97 bits per heavy atom. The van der Waals surface area contributed by atoms with E-state index in [0.29, 0.717) is 38.9 Å². The fourth-order valence-electron chi connectivity index (χ4n) is 3.49. The highest BCUT2D eigenvalue weighted by Gasteiger charge is 2.36. The number of anilines is 3. The number of carbonyl (C=O) groups excluding carboxylic acids is 1. The molecule has 5 rings (SSSR count). The van der Waals surface area contributed by atoms with E-state index < -0.39 is 15.8 Å². The molecule has 4 aromatic rings. The Morgan fingerprint density at radius 1 is 1.10 bits per heavy atom. The molecule has 2 amide bonds. The Morgan fingerprint density at radius 3 is 2.73 bits per heavy atom. The molecule has 1 aliphatic heterocycles. The first-order valence-corrected chi connectivity index (χ1v) is 10.3. The van der Waals surface area contributed by atoms with Crippen molar-refractivity contribution in [1.29, 1.82) is 0 Å². The number of urea groups is 1. The topological polar surface area (TPSA) is 105 Å². The van der Waals surface area contributed by atoms with Gasteiger partial charge in [-0.1, -0.05) is 12.1 Å². The molecule has 0 spiro atoms. The summed E-state index contributed by atoms with van der Waals surface area (Å²) >= 11 is 0. The third-order valence-corrected chi connectivity index (χ3v) is 6.40. The lowest BCUT2D eigenvalue weighted by molar-refractivity contribution is 0.221. The van der Waals surface area contributed by atoms with Crippen LogP contribution >= 0.6 is 10.5 Å². The second-order valence-electron chi connectivity index (χ2n) is 6.58. The number of nitrogens with one attached hydrogen (secondary N) is 1. The monoisotopic (exact) mass is 419 g/mol. The highest BCUT2D eigenvalue weighted by molar-refractivity contribution is 7.54. The SMILES string of the molecule is Cc1c(Oc2ccccn2)cccc1N1C(=O)Nc2c[s+](C(=O)O)c3nccc1c23. The van der Waals surface area contributed by atoms with Gasteiger partial charge in [-0.2, -0.15) is 4.79 Å². The Balaban J connectivity index is 1.65. The van der Waals surface area contributed by atoms with Crippen LogP contribution in [-0.4, -0.2) is 26.4 Å². The van der Waals surface area contributed by atoms with Gasteiger partial charge >= 0.3 is 11.3 Å². The van der Waals surface area contributed by atoms with Gasteiger partial charge in [0.1, 0.15) is 27.3 Å². The van der Waals surface area contributed by atoms with E-state index >= 15 is 0 Å². The molecule has 2 N–H and O–H groups in total. The summed E-state index contributed by atoms with van der Waals surface area (Å²) in [5, 5.41) is 13.5. The van der Waals surface area contributed by atoms with Crippen molar-refractivity contribution in [3.63, 3.8) is 0 Å². The van der Waals surface area contributed by atoms with Crippen molar-refractivity contribution < 1.29 is 19.4 Å². The van der Waals surface area contributed by atoms with Gasteiger partial charge < -0.3 is 15.2 Å². The molecule has 4 heterocycles. The zero-order chi connectivity index (χ0) is 20.8. The molecule has 1 unspecified atom stereocenters. The van der Waals surface area contributed by atoms with E-state index in [4.69, 9.17) is 4.74 Å². The predicted octanol–water partition coefficient (Wildman–Crippen LogP) is 5.69. The van der Waals surface area contributed by atoms with Gasteiger partial charge in [-0.3, -0.25) is 4.90 Å². The number of hydrogen-bond acceptors (Lipinski definition) is 5. The number of nitrogens with zero attached hydrogens (tertiary/aromatic N) is 3. The van der Waals surface area contributed by atoms with Gasteiger partial charge in [-0.05, 0) is 31.2 Å². The maximum atomic E-state index is 13.0. The van der Waals surface area contributed by atoms with E-state index in [1.54, 1.807) is 41.9 Å². The van der Waals surface area contributed by atoms with E-state index in [-0.39, 0.29) is 6.03 Å². The predicted molar refractivity (Wildman–Crippen MR) is 114 cm³/mol. The maximum Gasteiger partial charge on any atom is 0.554 e. The van der Waals surface area contributed by atoms with Gasteiger partial charge in [-0.15, -0.1) is 0 Å². The van der Waals surface area contributed by atoms with Crippen LogP contribution < -0.4 is 15.0 Å². The van der Waals surface area contributed by atoms with Crippen molar-refractivity contribution in [2.24, 2.45) is 0 Å². The molecule has 9 heteroatoms. The van der Waals surface area contributed by atoms with E-state index in [1.165, 1.54) is 11.1 Å². The summed E-state index contributed by atoms with van der Waals surface area (Å²) in [6, 6.07) is 12.1. The van der Waals surface area contributed by atoms with Crippen molar-refractivity contribution in [3.8, 4) is 11.6 Å². The lowest BCUT2D eigenvalue weighted by atomic mass is 10.1. The number of thiophene rings is 1. The second kappa shape index (κ2) is 6.82. The van der Waals surface area contributed by atoms with Gasteiger partial charge in [0.05, 0.1) is 11.4 Å². The molecule has 1 aromatic carbocycles. The number of pyridine rings is 2. The fourth-order valence-corrected chi connectivity index (χ4v) is 4.89. The first kappa shape index (κ1) is 18.1. The van der Waals surface area contributed by atoms with Crippen LogP contribution in [0.25, 0.3) is 10.2 Å². The van der Waals surface area contributed by atoms with Gasteiger partial charge in [0.15, 0.2) is 5.38 Å². The van der Waals surface area contributed by atoms with E-state index in [2.05, 4.69) is 15.3 Å². The quantitative estimate of drug-likeness (QED) is 0.412. The van der Waals surface area contributed by atoms with Crippen LogP contribution in [0.3, 0.4) is 0 Å². The van der Waals surface area contributed by atoms with Crippen molar-refractivity contribution in [3.05, 3.63) is 65.8 Å². The zero-order valence-corrected chi connectivity index (χ0v) is 16.5. The number of carboxylic acid groups (broad SMARTS) is 1. The van der Waals surface area contributed by atoms with Crippen LogP contribution in [0, 0.1) is 6.92 Å². The van der Waals surface area contributed by atoms with Crippen molar-refractivity contribution in [1.82, 2.24) is 9.97 Å². The third-order valence-electron chi connectivity index (χ3n) is 4.83. The first-order valence-electron chi connectivity index (χ1n) is 9.01. The normalized spacial score (nSPS) is 13.3. The second-order valence-corrected chi connectivity index (χ2v) is 8.23. The minimum absolute atomic E-state index is 0.375. The van der Waals surface area contributed by atoms with Crippen LogP contribution in [0.4, 0.5) is 26.7 Å². The van der Waals surface area contributed by atoms with Gasteiger partial charge in [-0.25, -0.2) is 14.8 Å². The highest BCUT2D eigenvalue weighted by Crippen LogP contribution is 2.48. The van der Waals surface area contributed by atoms with E-state index in [9.17, 15) is 14.7 Å². The average Bonchev–Trinajstić information content (AvgIpc) is 3.11. The number of benzene rings is 1. The van der Waals surface area contributed by atoms with Crippen LogP contribution in [0.1, 0.15) is 5.56 Å². The number of aromatic nitrogens is 2. The zero-order valence-electron chi connectivity index (χ0n) is 15.7. The molecule has 0 saturated heterocycles. The van der Waals surface area contributed by atoms with E-state index in [1.807, 2.05) is 19.1 Å². The lowest BCUT2D eigenvalue weighted by Gasteiger charge is -2.28. The molecule has 1 atom stereocenters.